The summed E-state index contributed by atoms with van der Waals surface area (Å²) >= 11 is 0. The highest BCUT2D eigenvalue weighted by molar-refractivity contribution is 6.44. The third kappa shape index (κ3) is 3.53. The third-order valence-electron chi connectivity index (χ3n) is 4.75. The number of likely N-dealkylation sites (tertiary alicyclic amines) is 1. The highest BCUT2D eigenvalue weighted by Crippen LogP contribution is 2.21. The summed E-state index contributed by atoms with van der Waals surface area (Å²) in [6.07, 6.45) is 2.98. The SMILES string of the molecule is Cc1ccc(OC2CCCN(C(=O)C(=O)c3c[nH]c4ccccc34)C2)nn1. The van der Waals surface area contributed by atoms with E-state index in [-0.39, 0.29) is 6.10 Å². The van der Waals surface area contributed by atoms with E-state index in [0.29, 0.717) is 24.5 Å². The highest BCUT2D eigenvalue weighted by Gasteiger charge is 2.30. The van der Waals surface area contributed by atoms with E-state index in [1.807, 2.05) is 37.3 Å². The molecule has 138 valence electrons. The van der Waals surface area contributed by atoms with Gasteiger partial charge in [-0.05, 0) is 31.9 Å². The van der Waals surface area contributed by atoms with Crippen molar-refractivity contribution < 1.29 is 14.3 Å². The second-order valence-corrected chi connectivity index (χ2v) is 6.72. The van der Waals surface area contributed by atoms with Crippen LogP contribution in [0.25, 0.3) is 10.9 Å². The van der Waals surface area contributed by atoms with Gasteiger partial charge in [0.25, 0.3) is 11.7 Å². The molecule has 0 aliphatic carbocycles. The summed E-state index contributed by atoms with van der Waals surface area (Å²) in [5, 5.41) is 8.74. The van der Waals surface area contributed by atoms with Crippen molar-refractivity contribution in [3.63, 3.8) is 0 Å². The maximum Gasteiger partial charge on any atom is 0.295 e. The lowest BCUT2D eigenvalue weighted by Crippen LogP contribution is -2.47. The van der Waals surface area contributed by atoms with Crippen molar-refractivity contribution in [3.05, 3.63) is 53.9 Å². The molecule has 1 fully saturated rings. The second-order valence-electron chi connectivity index (χ2n) is 6.72. The van der Waals surface area contributed by atoms with Crippen LogP contribution in [0.4, 0.5) is 0 Å². The van der Waals surface area contributed by atoms with Crippen LogP contribution in [0.5, 0.6) is 5.88 Å². The third-order valence-corrected chi connectivity index (χ3v) is 4.75. The molecular formula is C20H20N4O3. The van der Waals surface area contributed by atoms with Gasteiger partial charge in [-0.1, -0.05) is 18.2 Å². The van der Waals surface area contributed by atoms with Gasteiger partial charge in [0.05, 0.1) is 17.8 Å². The van der Waals surface area contributed by atoms with Crippen LogP contribution in [0.2, 0.25) is 0 Å². The molecule has 0 saturated carbocycles. The van der Waals surface area contributed by atoms with Crippen LogP contribution in [-0.4, -0.2) is 51.0 Å². The number of aromatic nitrogens is 3. The number of benzene rings is 1. The highest BCUT2D eigenvalue weighted by atomic mass is 16.5. The lowest BCUT2D eigenvalue weighted by molar-refractivity contribution is -0.129. The predicted octanol–water partition coefficient (Wildman–Crippen LogP) is 2.52. The van der Waals surface area contributed by atoms with Crippen LogP contribution >= 0.6 is 0 Å². The quantitative estimate of drug-likeness (QED) is 0.568. The first kappa shape index (κ1) is 17.2. The number of rotatable bonds is 4. The molecule has 1 aliphatic heterocycles. The first-order valence-corrected chi connectivity index (χ1v) is 8.98. The molecule has 1 amide bonds. The van der Waals surface area contributed by atoms with Crippen molar-refractivity contribution in [1.29, 1.82) is 0 Å². The molecule has 0 spiro atoms. The Labute approximate surface area is 156 Å². The topological polar surface area (TPSA) is 88.2 Å². The molecule has 0 bridgehead atoms. The standard InChI is InChI=1S/C20H20N4O3/c1-13-8-9-18(23-22-13)27-14-5-4-10-24(12-14)20(26)19(25)16-11-21-17-7-3-2-6-15(16)17/h2-3,6-9,11,14,21H,4-5,10,12H2,1H3. The molecule has 7 heteroatoms. The summed E-state index contributed by atoms with van der Waals surface area (Å²) in [6, 6.07) is 11.0. The first-order valence-electron chi connectivity index (χ1n) is 8.98. The Kier molecular flexibility index (Phi) is 4.58. The summed E-state index contributed by atoms with van der Waals surface area (Å²) in [4.78, 5) is 30.1. The summed E-state index contributed by atoms with van der Waals surface area (Å²) in [6.45, 7) is 2.77. The number of ether oxygens (including phenoxy) is 1. The van der Waals surface area contributed by atoms with Crippen LogP contribution in [0.1, 0.15) is 28.9 Å². The van der Waals surface area contributed by atoms with E-state index in [9.17, 15) is 9.59 Å². The van der Waals surface area contributed by atoms with E-state index < -0.39 is 11.7 Å². The number of carbonyl (C=O) groups excluding carboxylic acids is 2. The van der Waals surface area contributed by atoms with E-state index in [1.54, 1.807) is 17.2 Å². The van der Waals surface area contributed by atoms with Crippen LogP contribution in [0, 0.1) is 6.92 Å². The number of hydrogen-bond acceptors (Lipinski definition) is 5. The summed E-state index contributed by atoms with van der Waals surface area (Å²) < 4.78 is 5.85. The normalized spacial score (nSPS) is 17.1. The van der Waals surface area contributed by atoms with Crippen molar-refractivity contribution in [2.75, 3.05) is 13.1 Å². The van der Waals surface area contributed by atoms with Gasteiger partial charge in [0.15, 0.2) is 0 Å². The fraction of sp³-hybridized carbons (Fsp3) is 0.300. The zero-order valence-electron chi connectivity index (χ0n) is 15.0. The maximum atomic E-state index is 12.8. The molecule has 3 heterocycles. The average Bonchev–Trinajstić information content (AvgIpc) is 3.13. The molecule has 3 aromatic rings. The maximum absolute atomic E-state index is 12.8. The molecule has 1 saturated heterocycles. The molecule has 4 rings (SSSR count). The lowest BCUT2D eigenvalue weighted by Gasteiger charge is -2.32. The van der Waals surface area contributed by atoms with Crippen LogP contribution in [0.15, 0.2) is 42.6 Å². The number of aryl methyl sites for hydroxylation is 1. The van der Waals surface area contributed by atoms with Gasteiger partial charge in [0.2, 0.25) is 5.88 Å². The lowest BCUT2D eigenvalue weighted by atomic mass is 10.0. The van der Waals surface area contributed by atoms with Gasteiger partial charge in [-0.2, -0.15) is 5.10 Å². The van der Waals surface area contributed by atoms with Gasteiger partial charge < -0.3 is 14.6 Å². The molecular weight excluding hydrogens is 344 g/mol. The van der Waals surface area contributed by atoms with Crippen molar-refractivity contribution in [1.82, 2.24) is 20.1 Å². The number of carbonyl (C=O) groups is 2. The number of nitrogens with zero attached hydrogens (tertiary/aromatic N) is 3. The van der Waals surface area contributed by atoms with Crippen LogP contribution in [0.3, 0.4) is 0 Å². The van der Waals surface area contributed by atoms with E-state index in [4.69, 9.17) is 4.74 Å². The van der Waals surface area contributed by atoms with Gasteiger partial charge in [0, 0.05) is 29.7 Å². The molecule has 1 unspecified atom stereocenters. The van der Waals surface area contributed by atoms with E-state index in [1.165, 1.54) is 0 Å². The largest absolute Gasteiger partial charge is 0.471 e. The van der Waals surface area contributed by atoms with Crippen molar-refractivity contribution in [2.45, 2.75) is 25.9 Å². The minimum absolute atomic E-state index is 0.199. The van der Waals surface area contributed by atoms with Crippen LogP contribution in [-0.2, 0) is 4.79 Å². The number of Topliss-reactive ketones (excluding diaryl/α,β-unsaturated/α-hetero) is 1. The van der Waals surface area contributed by atoms with Gasteiger partial charge in [-0.15, -0.1) is 5.10 Å². The summed E-state index contributed by atoms with van der Waals surface area (Å²) in [5.74, 6) is -0.561. The fourth-order valence-electron chi connectivity index (χ4n) is 3.36. The number of fused-ring (bicyclic) bond motifs is 1. The Bertz CT molecular complexity index is 980. The Morgan fingerprint density at radius 2 is 2.04 bits per heavy atom. The molecule has 1 aliphatic rings. The minimum Gasteiger partial charge on any atom is -0.471 e. The molecule has 7 nitrogen and oxygen atoms in total. The number of nitrogens with one attached hydrogen (secondary N) is 1. The second kappa shape index (κ2) is 7.19. The molecule has 27 heavy (non-hydrogen) atoms. The monoisotopic (exact) mass is 364 g/mol. The Hall–Kier alpha value is -3.22. The number of H-pyrrole nitrogens is 1. The zero-order valence-corrected chi connectivity index (χ0v) is 15.0. The smallest absolute Gasteiger partial charge is 0.295 e. The number of hydrogen-bond donors (Lipinski definition) is 1. The van der Waals surface area contributed by atoms with E-state index in [0.717, 1.165) is 29.4 Å². The molecule has 0 radical (unpaired) electrons. The Morgan fingerprint density at radius 3 is 2.85 bits per heavy atom. The minimum atomic E-state index is -0.497. The van der Waals surface area contributed by atoms with E-state index in [2.05, 4.69) is 15.2 Å². The molecule has 1 aromatic carbocycles. The van der Waals surface area contributed by atoms with Gasteiger partial charge in [-0.3, -0.25) is 9.59 Å². The number of aromatic amines is 1. The number of ketones is 1. The average molecular weight is 364 g/mol. The first-order chi connectivity index (χ1) is 13.1. The van der Waals surface area contributed by atoms with Crippen LogP contribution < -0.4 is 4.74 Å². The number of amides is 1. The molecule has 1 N–H and O–H groups in total. The zero-order chi connectivity index (χ0) is 18.8. The van der Waals surface area contributed by atoms with Crippen molar-refractivity contribution >= 4 is 22.6 Å². The molecule has 1 atom stereocenters. The Morgan fingerprint density at radius 1 is 1.19 bits per heavy atom. The summed E-state index contributed by atoms with van der Waals surface area (Å²) in [7, 11) is 0. The van der Waals surface area contributed by atoms with Gasteiger partial charge in [-0.25, -0.2) is 0 Å². The van der Waals surface area contributed by atoms with Crippen molar-refractivity contribution in [3.8, 4) is 5.88 Å². The van der Waals surface area contributed by atoms with Gasteiger partial charge >= 0.3 is 0 Å². The fourth-order valence-corrected chi connectivity index (χ4v) is 3.36. The number of piperidine rings is 1. The van der Waals surface area contributed by atoms with Crippen molar-refractivity contribution in [2.24, 2.45) is 0 Å². The predicted molar refractivity (Wildman–Crippen MR) is 99.6 cm³/mol. The summed E-state index contributed by atoms with van der Waals surface area (Å²) in [5.41, 5.74) is 2.06. The number of para-hydroxylation sites is 1. The van der Waals surface area contributed by atoms with E-state index >= 15 is 0 Å². The van der Waals surface area contributed by atoms with Gasteiger partial charge in [0.1, 0.15) is 6.10 Å². The Balaban J connectivity index is 1.46. The molecule has 2 aromatic heterocycles.